The van der Waals surface area contributed by atoms with Gasteiger partial charge in [-0.25, -0.2) is 0 Å². The zero-order valence-electron chi connectivity index (χ0n) is 15.9. The Morgan fingerprint density at radius 1 is 0.929 bits per heavy atom. The van der Waals surface area contributed by atoms with E-state index < -0.39 is 5.60 Å². The lowest BCUT2D eigenvalue weighted by Crippen LogP contribution is -2.51. The van der Waals surface area contributed by atoms with Gasteiger partial charge in [-0.1, -0.05) is 42.5 Å². The largest absolute Gasteiger partial charge is 0.507 e. The van der Waals surface area contributed by atoms with E-state index in [-0.39, 0.29) is 11.8 Å². The Morgan fingerprint density at radius 2 is 1.64 bits per heavy atom. The Labute approximate surface area is 165 Å². The first-order chi connectivity index (χ1) is 13.6. The number of hydrogen-bond donors (Lipinski definition) is 3. The van der Waals surface area contributed by atoms with E-state index in [9.17, 15) is 10.2 Å². The number of nitrogen functional groups attached to an aromatic ring is 1. The fraction of sp³-hybridized carbons (Fsp3) is 0.333. The minimum Gasteiger partial charge on any atom is -0.507 e. The summed E-state index contributed by atoms with van der Waals surface area (Å²) >= 11 is 0. The molecule has 28 heavy (non-hydrogen) atoms. The third-order valence-electron chi connectivity index (χ3n) is 6.80. The van der Waals surface area contributed by atoms with Gasteiger partial charge >= 0.3 is 0 Å². The zero-order chi connectivity index (χ0) is 19.3. The molecule has 5 rings (SSSR count). The quantitative estimate of drug-likeness (QED) is 0.609. The van der Waals surface area contributed by atoms with Crippen molar-refractivity contribution in [1.29, 1.82) is 0 Å². The van der Waals surface area contributed by atoms with Crippen LogP contribution in [0.5, 0.6) is 5.75 Å². The number of piperidine rings is 1. The van der Waals surface area contributed by atoms with Gasteiger partial charge in [-0.15, -0.1) is 0 Å². The minimum atomic E-state index is -0.775. The maximum absolute atomic E-state index is 11.6. The predicted molar refractivity (Wildman–Crippen MR) is 112 cm³/mol. The van der Waals surface area contributed by atoms with Gasteiger partial charge < -0.3 is 15.9 Å². The topological polar surface area (TPSA) is 69.7 Å². The van der Waals surface area contributed by atoms with Crippen LogP contribution in [0.4, 0.5) is 5.69 Å². The highest BCUT2D eigenvalue weighted by molar-refractivity contribution is 5.90. The summed E-state index contributed by atoms with van der Waals surface area (Å²) in [4.78, 5) is 2.46. The molecular formula is C24H26N2O2. The SMILES string of the molecule is Nc1cccc(C2(O)C3CCC2CN(Cc2ccc(O)c4ccccc24)C3)c1. The zero-order valence-corrected chi connectivity index (χ0v) is 15.9. The highest BCUT2D eigenvalue weighted by Crippen LogP contribution is 2.51. The van der Waals surface area contributed by atoms with Crippen molar-refractivity contribution in [2.24, 2.45) is 11.8 Å². The first-order valence-electron chi connectivity index (χ1n) is 10.1. The van der Waals surface area contributed by atoms with Gasteiger partial charge in [-0.2, -0.15) is 0 Å². The molecule has 1 saturated heterocycles. The van der Waals surface area contributed by atoms with Crippen molar-refractivity contribution < 1.29 is 10.2 Å². The molecule has 1 aliphatic heterocycles. The lowest BCUT2D eigenvalue weighted by molar-refractivity contribution is -0.0913. The van der Waals surface area contributed by atoms with Gasteiger partial charge in [0.05, 0.1) is 5.60 Å². The number of likely N-dealkylation sites (tertiary alicyclic amines) is 1. The molecule has 3 aromatic carbocycles. The number of benzene rings is 3. The molecular weight excluding hydrogens is 348 g/mol. The van der Waals surface area contributed by atoms with Crippen molar-refractivity contribution in [1.82, 2.24) is 4.90 Å². The number of aliphatic hydroxyl groups is 1. The third kappa shape index (κ3) is 2.67. The fourth-order valence-corrected chi connectivity index (χ4v) is 5.45. The number of rotatable bonds is 3. The Kier molecular flexibility index (Phi) is 4.07. The summed E-state index contributed by atoms with van der Waals surface area (Å²) in [5.41, 5.74) is 8.12. The summed E-state index contributed by atoms with van der Waals surface area (Å²) < 4.78 is 0. The van der Waals surface area contributed by atoms with Crippen LogP contribution >= 0.6 is 0 Å². The van der Waals surface area contributed by atoms with E-state index in [0.29, 0.717) is 11.4 Å². The molecule has 2 aliphatic rings. The van der Waals surface area contributed by atoms with Crippen LogP contribution < -0.4 is 5.73 Å². The molecule has 0 aromatic heterocycles. The first-order valence-corrected chi connectivity index (χ1v) is 10.1. The van der Waals surface area contributed by atoms with Crippen molar-refractivity contribution in [3.63, 3.8) is 0 Å². The standard InChI is InChI=1S/C24H26N2O2/c25-20-5-3-4-17(12-20)24(28)18-9-10-19(24)15-26(14-18)13-16-8-11-23(27)22-7-2-1-6-21(16)22/h1-8,11-12,18-19,27-28H,9-10,13-15,25H2. The minimum absolute atomic E-state index is 0.219. The molecule has 3 aromatic rings. The van der Waals surface area contributed by atoms with Gasteiger partial charge in [0.2, 0.25) is 0 Å². The second-order valence-corrected chi connectivity index (χ2v) is 8.41. The van der Waals surface area contributed by atoms with Crippen LogP contribution in [0, 0.1) is 11.8 Å². The monoisotopic (exact) mass is 374 g/mol. The number of nitrogens with zero attached hydrogens (tertiary/aromatic N) is 1. The highest BCUT2D eigenvalue weighted by atomic mass is 16.3. The maximum atomic E-state index is 11.6. The molecule has 144 valence electrons. The molecule has 0 radical (unpaired) electrons. The van der Waals surface area contributed by atoms with Crippen LogP contribution in [0.3, 0.4) is 0 Å². The molecule has 2 bridgehead atoms. The molecule has 0 amide bonds. The highest BCUT2D eigenvalue weighted by Gasteiger charge is 2.53. The van der Waals surface area contributed by atoms with E-state index in [1.54, 1.807) is 6.07 Å². The smallest absolute Gasteiger partial charge is 0.123 e. The summed E-state index contributed by atoms with van der Waals surface area (Å²) in [5, 5.41) is 23.8. The first kappa shape index (κ1) is 17.5. The van der Waals surface area contributed by atoms with Crippen LogP contribution in [0.1, 0.15) is 24.0 Å². The van der Waals surface area contributed by atoms with Crippen molar-refractivity contribution in [2.75, 3.05) is 18.8 Å². The molecule has 2 atom stereocenters. The molecule has 1 aliphatic carbocycles. The number of phenolic OH excluding ortho intramolecular Hbond substituents is 1. The van der Waals surface area contributed by atoms with Crippen molar-refractivity contribution >= 4 is 16.5 Å². The van der Waals surface area contributed by atoms with Gasteiger partial charge in [-0.3, -0.25) is 4.90 Å². The molecule has 4 heteroatoms. The van der Waals surface area contributed by atoms with Gasteiger partial charge in [-0.05, 0) is 47.6 Å². The van der Waals surface area contributed by atoms with Crippen molar-refractivity contribution in [3.05, 3.63) is 71.8 Å². The predicted octanol–water partition coefficient (Wildman–Crippen LogP) is 3.86. The average Bonchev–Trinajstić information content (AvgIpc) is 2.88. The number of phenols is 1. The summed E-state index contributed by atoms with van der Waals surface area (Å²) in [6.07, 6.45) is 2.09. The van der Waals surface area contributed by atoms with E-state index in [1.807, 2.05) is 48.5 Å². The van der Waals surface area contributed by atoms with Crippen LogP contribution in [-0.2, 0) is 12.1 Å². The molecule has 2 unspecified atom stereocenters. The molecule has 4 N–H and O–H groups in total. The van der Waals surface area contributed by atoms with Crippen LogP contribution in [-0.4, -0.2) is 28.2 Å². The summed E-state index contributed by atoms with van der Waals surface area (Å²) in [6.45, 7) is 2.58. The Bertz CT molecular complexity index is 1020. The van der Waals surface area contributed by atoms with Crippen LogP contribution in [0.15, 0.2) is 60.7 Å². The van der Waals surface area contributed by atoms with Gasteiger partial charge in [0.15, 0.2) is 0 Å². The van der Waals surface area contributed by atoms with E-state index in [2.05, 4.69) is 11.0 Å². The fourth-order valence-electron chi connectivity index (χ4n) is 5.45. The lowest BCUT2D eigenvalue weighted by atomic mass is 9.75. The second-order valence-electron chi connectivity index (χ2n) is 8.41. The van der Waals surface area contributed by atoms with Gasteiger partial charge in [0.1, 0.15) is 5.75 Å². The lowest BCUT2D eigenvalue weighted by Gasteiger charge is -2.45. The number of fused-ring (bicyclic) bond motifs is 3. The third-order valence-corrected chi connectivity index (χ3v) is 6.80. The number of nitrogens with two attached hydrogens (primary N) is 1. The number of anilines is 1. The molecule has 4 nitrogen and oxygen atoms in total. The van der Waals surface area contributed by atoms with E-state index in [0.717, 1.165) is 48.8 Å². The Balaban J connectivity index is 1.42. The van der Waals surface area contributed by atoms with Crippen LogP contribution in [0.2, 0.25) is 0 Å². The number of hydrogen-bond acceptors (Lipinski definition) is 4. The molecule has 2 fully saturated rings. The van der Waals surface area contributed by atoms with Gasteiger partial charge in [0, 0.05) is 42.5 Å². The summed E-state index contributed by atoms with van der Waals surface area (Å²) in [6, 6.07) is 19.6. The number of aromatic hydroxyl groups is 1. The summed E-state index contributed by atoms with van der Waals surface area (Å²) in [5.74, 6) is 0.766. The molecule has 1 heterocycles. The average molecular weight is 374 g/mol. The van der Waals surface area contributed by atoms with E-state index in [1.165, 1.54) is 5.56 Å². The second kappa shape index (κ2) is 6.50. The van der Waals surface area contributed by atoms with Crippen molar-refractivity contribution in [2.45, 2.75) is 25.0 Å². The summed E-state index contributed by atoms with van der Waals surface area (Å²) in [7, 11) is 0. The van der Waals surface area contributed by atoms with Gasteiger partial charge in [0.25, 0.3) is 0 Å². The van der Waals surface area contributed by atoms with Crippen LogP contribution in [0.25, 0.3) is 10.8 Å². The Morgan fingerprint density at radius 3 is 2.36 bits per heavy atom. The van der Waals surface area contributed by atoms with Crippen molar-refractivity contribution in [3.8, 4) is 5.75 Å². The normalized spacial score (nSPS) is 27.3. The Hall–Kier alpha value is -2.56. The van der Waals surface area contributed by atoms with E-state index >= 15 is 0 Å². The van der Waals surface area contributed by atoms with E-state index in [4.69, 9.17) is 5.73 Å². The maximum Gasteiger partial charge on any atom is 0.123 e. The molecule has 1 saturated carbocycles. The molecule has 0 spiro atoms.